The molecule has 19 heavy (non-hydrogen) atoms. The second-order valence-corrected chi connectivity index (χ2v) is 3.86. The molecule has 0 aliphatic carbocycles. The molecule has 7 heteroatoms. The topological polar surface area (TPSA) is 47.9 Å². The summed E-state index contributed by atoms with van der Waals surface area (Å²) in [6.45, 7) is -0.0295. The summed E-state index contributed by atoms with van der Waals surface area (Å²) in [6.07, 6.45) is -4.43. The Morgan fingerprint density at radius 1 is 1.47 bits per heavy atom. The fraction of sp³-hybridized carbons (Fsp3) is 0.333. The molecule has 0 spiro atoms. The van der Waals surface area contributed by atoms with Crippen molar-refractivity contribution in [2.45, 2.75) is 12.2 Å². The maximum absolute atomic E-state index is 12.6. The maximum atomic E-state index is 12.6. The molecule has 4 nitrogen and oxygen atoms in total. The van der Waals surface area contributed by atoms with Gasteiger partial charge < -0.3 is 9.47 Å². The highest BCUT2D eigenvalue weighted by Crippen LogP contribution is 2.30. The van der Waals surface area contributed by atoms with E-state index in [4.69, 9.17) is 4.74 Å². The summed E-state index contributed by atoms with van der Waals surface area (Å²) >= 11 is 0. The summed E-state index contributed by atoms with van der Waals surface area (Å²) in [6, 6.07) is 3.76. The fourth-order valence-electron chi connectivity index (χ4n) is 1.62. The third kappa shape index (κ3) is 2.86. The molecule has 102 valence electrons. The summed E-state index contributed by atoms with van der Waals surface area (Å²) < 4.78 is 47.3. The number of aliphatic imine (C=N–C) groups is 1. The highest BCUT2D eigenvalue weighted by molar-refractivity contribution is 5.97. The molecule has 0 amide bonds. The van der Waals surface area contributed by atoms with E-state index in [-0.39, 0.29) is 18.1 Å². The van der Waals surface area contributed by atoms with Crippen molar-refractivity contribution >= 4 is 11.9 Å². The molecule has 1 aliphatic heterocycles. The predicted molar refractivity (Wildman–Crippen MR) is 59.7 cm³/mol. The number of esters is 1. The minimum absolute atomic E-state index is 0.0153. The number of nitrogens with zero attached hydrogens (tertiary/aromatic N) is 1. The largest absolute Gasteiger partial charge is 0.475 e. The van der Waals surface area contributed by atoms with Crippen molar-refractivity contribution in [3.05, 3.63) is 35.4 Å². The van der Waals surface area contributed by atoms with Crippen molar-refractivity contribution in [2.75, 3.05) is 13.7 Å². The Bertz CT molecular complexity index is 525. The number of benzene rings is 1. The third-order valence-electron chi connectivity index (χ3n) is 2.56. The molecule has 1 heterocycles. The van der Waals surface area contributed by atoms with Gasteiger partial charge in [-0.3, -0.25) is 0 Å². The van der Waals surface area contributed by atoms with Gasteiger partial charge >= 0.3 is 12.1 Å². The molecule has 0 fully saturated rings. The van der Waals surface area contributed by atoms with Gasteiger partial charge in [0.25, 0.3) is 0 Å². The third-order valence-corrected chi connectivity index (χ3v) is 2.56. The minimum Gasteiger partial charge on any atom is -0.475 e. The quantitative estimate of drug-likeness (QED) is 0.774. The average molecular weight is 273 g/mol. The zero-order valence-corrected chi connectivity index (χ0v) is 9.90. The first-order chi connectivity index (χ1) is 8.91. The molecule has 0 radical (unpaired) electrons. The summed E-state index contributed by atoms with van der Waals surface area (Å²) in [5, 5.41) is 0. The smallest absolute Gasteiger partial charge is 0.416 e. The molecule has 0 N–H and O–H groups in total. The van der Waals surface area contributed by atoms with Crippen LogP contribution in [0.4, 0.5) is 13.2 Å². The van der Waals surface area contributed by atoms with E-state index >= 15 is 0 Å². The van der Waals surface area contributed by atoms with E-state index in [1.807, 2.05) is 0 Å². The highest BCUT2D eigenvalue weighted by atomic mass is 19.4. The lowest BCUT2D eigenvalue weighted by Crippen LogP contribution is -2.21. The lowest BCUT2D eigenvalue weighted by molar-refractivity contribution is -0.142. The molecule has 0 saturated heterocycles. The van der Waals surface area contributed by atoms with E-state index in [1.54, 1.807) is 0 Å². The Morgan fingerprint density at radius 2 is 2.21 bits per heavy atom. The first-order valence-electron chi connectivity index (χ1n) is 5.38. The molecule has 2 rings (SSSR count). The SMILES string of the molecule is COC(=O)[C@H]1COC(c2cccc(C(F)(F)F)c2)=N1. The van der Waals surface area contributed by atoms with E-state index in [0.29, 0.717) is 0 Å². The Kier molecular flexibility index (Phi) is 3.46. The normalized spacial score (nSPS) is 18.7. The van der Waals surface area contributed by atoms with E-state index in [1.165, 1.54) is 19.2 Å². The number of alkyl halides is 3. The average Bonchev–Trinajstić information content (AvgIpc) is 2.86. The van der Waals surface area contributed by atoms with Crippen LogP contribution in [0, 0.1) is 0 Å². The molecule has 1 atom stereocenters. The van der Waals surface area contributed by atoms with Gasteiger partial charge in [0.15, 0.2) is 6.04 Å². The molecule has 0 unspecified atom stereocenters. The maximum Gasteiger partial charge on any atom is 0.416 e. The van der Waals surface area contributed by atoms with Crippen LogP contribution in [0.5, 0.6) is 0 Å². The first kappa shape index (κ1) is 13.4. The minimum atomic E-state index is -4.43. The Hall–Kier alpha value is -2.05. The molecule has 0 bridgehead atoms. The molecular weight excluding hydrogens is 263 g/mol. The van der Waals surface area contributed by atoms with Gasteiger partial charge in [-0.15, -0.1) is 0 Å². The van der Waals surface area contributed by atoms with Crippen molar-refractivity contribution in [1.29, 1.82) is 0 Å². The molecule has 1 aromatic carbocycles. The summed E-state index contributed by atoms with van der Waals surface area (Å²) in [5.41, 5.74) is -0.612. The van der Waals surface area contributed by atoms with Crippen LogP contribution in [0.15, 0.2) is 29.3 Å². The second-order valence-electron chi connectivity index (χ2n) is 3.86. The van der Waals surface area contributed by atoms with E-state index in [2.05, 4.69) is 9.73 Å². The second kappa shape index (κ2) is 4.91. The molecule has 0 aromatic heterocycles. The zero-order valence-electron chi connectivity index (χ0n) is 9.90. The number of ether oxygens (including phenoxy) is 2. The van der Waals surface area contributed by atoms with E-state index in [9.17, 15) is 18.0 Å². The molecule has 1 aliphatic rings. The van der Waals surface area contributed by atoms with Gasteiger partial charge in [-0.25, -0.2) is 9.79 Å². The van der Waals surface area contributed by atoms with Crippen molar-refractivity contribution in [1.82, 2.24) is 0 Å². The van der Waals surface area contributed by atoms with Gasteiger partial charge in [0, 0.05) is 5.56 Å². The first-order valence-corrected chi connectivity index (χ1v) is 5.38. The van der Waals surface area contributed by atoms with Crippen LogP contribution in [-0.4, -0.2) is 31.6 Å². The van der Waals surface area contributed by atoms with Crippen molar-refractivity contribution in [3.63, 3.8) is 0 Å². The van der Waals surface area contributed by atoms with Crippen LogP contribution in [0.2, 0.25) is 0 Å². The standard InChI is InChI=1S/C12H10F3NO3/c1-18-11(17)9-6-19-10(16-9)7-3-2-4-8(5-7)12(13,14)15/h2-5,9H,6H2,1H3/t9-/m1/s1. The molecule has 1 aromatic rings. The van der Waals surface area contributed by atoms with Crippen LogP contribution in [0.3, 0.4) is 0 Å². The monoisotopic (exact) mass is 273 g/mol. The lowest BCUT2D eigenvalue weighted by atomic mass is 10.1. The number of rotatable bonds is 2. The van der Waals surface area contributed by atoms with Gasteiger partial charge in [0.05, 0.1) is 12.7 Å². The van der Waals surface area contributed by atoms with Crippen LogP contribution >= 0.6 is 0 Å². The summed E-state index contributed by atoms with van der Waals surface area (Å²) in [7, 11) is 1.21. The van der Waals surface area contributed by atoms with Gasteiger partial charge in [0.1, 0.15) is 6.61 Å². The van der Waals surface area contributed by atoms with Crippen LogP contribution in [0.25, 0.3) is 0 Å². The van der Waals surface area contributed by atoms with Crippen molar-refractivity contribution in [2.24, 2.45) is 4.99 Å². The number of halogens is 3. The van der Waals surface area contributed by atoms with E-state index < -0.39 is 23.8 Å². The fourth-order valence-corrected chi connectivity index (χ4v) is 1.62. The summed E-state index contributed by atoms with van der Waals surface area (Å²) in [5.74, 6) is -0.566. The Balaban J connectivity index is 2.26. The van der Waals surface area contributed by atoms with Gasteiger partial charge in [-0.1, -0.05) is 6.07 Å². The molecule has 0 saturated carbocycles. The summed E-state index contributed by atoms with van der Waals surface area (Å²) in [4.78, 5) is 15.1. The van der Waals surface area contributed by atoms with Crippen LogP contribution in [-0.2, 0) is 20.4 Å². The zero-order chi connectivity index (χ0) is 14.0. The highest BCUT2D eigenvalue weighted by Gasteiger charge is 2.32. The Morgan fingerprint density at radius 3 is 2.84 bits per heavy atom. The predicted octanol–water partition coefficient (Wildman–Crippen LogP) is 2.02. The number of carbonyl (C=O) groups is 1. The number of hydrogen-bond acceptors (Lipinski definition) is 4. The van der Waals surface area contributed by atoms with E-state index in [0.717, 1.165) is 12.1 Å². The van der Waals surface area contributed by atoms with Gasteiger partial charge in [-0.2, -0.15) is 13.2 Å². The van der Waals surface area contributed by atoms with Crippen molar-refractivity contribution in [3.8, 4) is 0 Å². The van der Waals surface area contributed by atoms with Crippen LogP contribution < -0.4 is 0 Å². The molecular formula is C12H10F3NO3. The number of methoxy groups -OCH3 is 1. The number of carbonyl (C=O) groups excluding carboxylic acids is 1. The van der Waals surface area contributed by atoms with Crippen molar-refractivity contribution < 1.29 is 27.4 Å². The number of hydrogen-bond donors (Lipinski definition) is 0. The Labute approximate surface area is 106 Å². The lowest BCUT2D eigenvalue weighted by Gasteiger charge is -2.08. The van der Waals surface area contributed by atoms with Crippen LogP contribution in [0.1, 0.15) is 11.1 Å². The van der Waals surface area contributed by atoms with Gasteiger partial charge in [-0.05, 0) is 18.2 Å². The van der Waals surface area contributed by atoms with Gasteiger partial charge in [0.2, 0.25) is 5.90 Å².